The summed E-state index contributed by atoms with van der Waals surface area (Å²) < 4.78 is 16.7. The third-order valence-electron chi connectivity index (χ3n) is 11.3. The predicted octanol–water partition coefficient (Wildman–Crippen LogP) is 16.9. The van der Waals surface area contributed by atoms with Gasteiger partial charge in [-0.1, -0.05) is 198 Å². The van der Waals surface area contributed by atoms with Gasteiger partial charge < -0.3 is 14.2 Å². The zero-order valence-electron chi connectivity index (χ0n) is 40.0. The number of ether oxygens (including phenoxy) is 3. The van der Waals surface area contributed by atoms with Gasteiger partial charge in [-0.15, -0.1) is 0 Å². The summed E-state index contributed by atoms with van der Waals surface area (Å²) in [5, 5.41) is 0. The zero-order chi connectivity index (χ0) is 43.7. The average Bonchev–Trinajstić information content (AvgIpc) is 3.24. The lowest BCUT2D eigenvalue weighted by atomic mass is 10.1. The Kier molecular flexibility index (Phi) is 47.3. The quantitative estimate of drug-likeness (QED) is 0.0263. The molecule has 0 aromatic carbocycles. The van der Waals surface area contributed by atoms with E-state index in [1.54, 1.807) is 0 Å². The average molecular weight is 843 g/mol. The minimum Gasteiger partial charge on any atom is -0.462 e. The Balaban J connectivity index is 4.31. The van der Waals surface area contributed by atoms with Gasteiger partial charge in [0.2, 0.25) is 0 Å². The number of unbranched alkanes of at least 4 members (excludes halogenated alkanes) is 30. The van der Waals surface area contributed by atoms with E-state index in [4.69, 9.17) is 14.2 Å². The van der Waals surface area contributed by atoms with Gasteiger partial charge in [0, 0.05) is 19.3 Å². The van der Waals surface area contributed by atoms with Crippen molar-refractivity contribution in [2.75, 3.05) is 13.2 Å². The molecule has 0 spiro atoms. The molecule has 1 unspecified atom stereocenters. The van der Waals surface area contributed by atoms with Crippen LogP contribution in [0.4, 0.5) is 0 Å². The molecule has 0 N–H and O–H groups in total. The van der Waals surface area contributed by atoms with Crippen LogP contribution < -0.4 is 0 Å². The van der Waals surface area contributed by atoms with Gasteiger partial charge in [0.15, 0.2) is 6.10 Å². The molecule has 0 saturated carbocycles. The summed E-state index contributed by atoms with van der Waals surface area (Å²) in [4.78, 5) is 37.9. The lowest BCUT2D eigenvalue weighted by Crippen LogP contribution is -2.30. The minimum atomic E-state index is -0.783. The van der Waals surface area contributed by atoms with Crippen molar-refractivity contribution in [2.24, 2.45) is 0 Å². The number of carbonyl (C=O) groups excluding carboxylic acids is 3. The number of esters is 3. The molecular formula is C54H98O6. The van der Waals surface area contributed by atoms with Crippen LogP contribution in [0, 0.1) is 0 Å². The molecule has 6 nitrogen and oxygen atoms in total. The molecule has 60 heavy (non-hydrogen) atoms. The van der Waals surface area contributed by atoms with Gasteiger partial charge in [0.25, 0.3) is 0 Å². The highest BCUT2D eigenvalue weighted by atomic mass is 16.6. The number of rotatable bonds is 47. The van der Waals surface area contributed by atoms with Gasteiger partial charge in [-0.25, -0.2) is 0 Å². The predicted molar refractivity (Wildman–Crippen MR) is 256 cm³/mol. The molecule has 0 aliphatic rings. The largest absolute Gasteiger partial charge is 0.462 e. The summed E-state index contributed by atoms with van der Waals surface area (Å²) in [5.41, 5.74) is 0. The van der Waals surface area contributed by atoms with Gasteiger partial charge in [-0.2, -0.15) is 0 Å². The Morgan fingerprint density at radius 3 is 0.900 bits per heavy atom. The molecule has 0 heterocycles. The first-order chi connectivity index (χ1) is 29.5. The van der Waals surface area contributed by atoms with Crippen LogP contribution in [0.25, 0.3) is 0 Å². The van der Waals surface area contributed by atoms with Crippen LogP contribution in [-0.2, 0) is 28.6 Å². The molecule has 0 aliphatic heterocycles. The minimum absolute atomic E-state index is 0.0827. The fraction of sp³-hybridized carbons (Fsp3) is 0.833. The van der Waals surface area contributed by atoms with E-state index in [2.05, 4.69) is 57.2 Å². The van der Waals surface area contributed by atoms with E-state index >= 15 is 0 Å². The van der Waals surface area contributed by atoms with Gasteiger partial charge in [-0.05, 0) is 89.9 Å². The Bertz CT molecular complexity index is 1020. The van der Waals surface area contributed by atoms with E-state index < -0.39 is 6.10 Å². The Labute approximate surface area is 372 Å². The number of carbonyl (C=O) groups is 3. The Morgan fingerprint density at radius 1 is 0.317 bits per heavy atom. The number of allylic oxidation sites excluding steroid dienone is 6. The SMILES string of the molecule is CCCC/C=C\CCCCCCC(=O)OCC(COC(=O)CCCCCCCCC/C=C\CCCCCCCCCC)OC(=O)CCCCC/C=C\CCCCCCCC. The molecule has 0 radical (unpaired) electrons. The van der Waals surface area contributed by atoms with Crippen molar-refractivity contribution in [1.82, 2.24) is 0 Å². The zero-order valence-corrected chi connectivity index (χ0v) is 40.0. The molecule has 0 bridgehead atoms. The molecule has 350 valence electrons. The topological polar surface area (TPSA) is 78.9 Å². The van der Waals surface area contributed by atoms with E-state index in [0.717, 1.165) is 89.9 Å². The molecule has 0 aliphatic carbocycles. The maximum atomic E-state index is 12.8. The summed E-state index contributed by atoms with van der Waals surface area (Å²) in [5.74, 6) is -0.910. The van der Waals surface area contributed by atoms with E-state index in [-0.39, 0.29) is 31.1 Å². The fourth-order valence-electron chi connectivity index (χ4n) is 7.35. The maximum Gasteiger partial charge on any atom is 0.306 e. The van der Waals surface area contributed by atoms with Crippen LogP contribution in [0.1, 0.15) is 271 Å². The molecule has 0 aromatic heterocycles. The highest BCUT2D eigenvalue weighted by Gasteiger charge is 2.19. The second-order valence-corrected chi connectivity index (χ2v) is 17.4. The van der Waals surface area contributed by atoms with Crippen molar-refractivity contribution in [1.29, 1.82) is 0 Å². The fourth-order valence-corrected chi connectivity index (χ4v) is 7.35. The van der Waals surface area contributed by atoms with Crippen LogP contribution >= 0.6 is 0 Å². The number of hydrogen-bond acceptors (Lipinski definition) is 6. The third-order valence-corrected chi connectivity index (χ3v) is 11.3. The van der Waals surface area contributed by atoms with Crippen molar-refractivity contribution < 1.29 is 28.6 Å². The van der Waals surface area contributed by atoms with E-state index in [1.165, 1.54) is 141 Å². The van der Waals surface area contributed by atoms with Crippen LogP contribution in [0.5, 0.6) is 0 Å². The second kappa shape index (κ2) is 49.3. The molecule has 6 heteroatoms. The van der Waals surface area contributed by atoms with Gasteiger partial charge in [0.1, 0.15) is 13.2 Å². The molecule has 0 fully saturated rings. The van der Waals surface area contributed by atoms with E-state index in [0.29, 0.717) is 19.3 Å². The lowest BCUT2D eigenvalue weighted by Gasteiger charge is -2.18. The van der Waals surface area contributed by atoms with E-state index in [1.807, 2.05) is 0 Å². The first-order valence-electron chi connectivity index (χ1n) is 26.0. The van der Waals surface area contributed by atoms with Gasteiger partial charge >= 0.3 is 17.9 Å². The highest BCUT2D eigenvalue weighted by molar-refractivity contribution is 5.71. The first-order valence-corrected chi connectivity index (χ1v) is 26.0. The number of hydrogen-bond donors (Lipinski definition) is 0. The first kappa shape index (κ1) is 57.6. The van der Waals surface area contributed by atoms with Crippen molar-refractivity contribution in [2.45, 2.75) is 277 Å². The van der Waals surface area contributed by atoms with Crippen LogP contribution in [-0.4, -0.2) is 37.2 Å². The van der Waals surface area contributed by atoms with Crippen molar-refractivity contribution in [3.63, 3.8) is 0 Å². The molecule has 0 amide bonds. The summed E-state index contributed by atoms with van der Waals surface area (Å²) >= 11 is 0. The second-order valence-electron chi connectivity index (χ2n) is 17.4. The van der Waals surface area contributed by atoms with Gasteiger partial charge in [-0.3, -0.25) is 14.4 Å². The van der Waals surface area contributed by atoms with E-state index in [9.17, 15) is 14.4 Å². The van der Waals surface area contributed by atoms with Crippen molar-refractivity contribution >= 4 is 17.9 Å². The van der Waals surface area contributed by atoms with Crippen LogP contribution in [0.3, 0.4) is 0 Å². The normalized spacial score (nSPS) is 12.2. The summed E-state index contributed by atoms with van der Waals surface area (Å²) in [7, 11) is 0. The monoisotopic (exact) mass is 843 g/mol. The molecule has 0 rings (SSSR count). The Hall–Kier alpha value is -2.37. The molecule has 1 atom stereocenters. The van der Waals surface area contributed by atoms with Crippen LogP contribution in [0.2, 0.25) is 0 Å². The molecule has 0 aromatic rings. The molecular weight excluding hydrogens is 745 g/mol. The summed E-state index contributed by atoms with van der Waals surface area (Å²) in [6, 6.07) is 0. The highest BCUT2D eigenvalue weighted by Crippen LogP contribution is 2.14. The van der Waals surface area contributed by atoms with Crippen molar-refractivity contribution in [3.8, 4) is 0 Å². The maximum absolute atomic E-state index is 12.8. The summed E-state index contributed by atoms with van der Waals surface area (Å²) in [6.07, 6.45) is 57.1. The summed E-state index contributed by atoms with van der Waals surface area (Å²) in [6.45, 7) is 6.57. The lowest BCUT2D eigenvalue weighted by molar-refractivity contribution is -0.167. The third kappa shape index (κ3) is 46.7. The standard InChI is InChI=1S/C54H98O6/c1-4-7-10-13-16-19-22-24-25-26-27-28-29-31-32-35-38-41-44-47-53(56)59-50-51(49-58-52(55)46-43-40-37-34-21-18-15-12-9-6-3)60-54(57)48-45-42-39-36-33-30-23-20-17-14-11-8-5-2/h15,18,26-27,30,33,51H,4-14,16-17,19-25,28-29,31-32,34-50H2,1-3H3/b18-15-,27-26-,33-30-. The van der Waals surface area contributed by atoms with Crippen molar-refractivity contribution in [3.05, 3.63) is 36.5 Å². The smallest absolute Gasteiger partial charge is 0.306 e. The van der Waals surface area contributed by atoms with Crippen LogP contribution in [0.15, 0.2) is 36.5 Å². The molecule has 0 saturated heterocycles. The Morgan fingerprint density at radius 2 is 0.567 bits per heavy atom. The van der Waals surface area contributed by atoms with Gasteiger partial charge in [0.05, 0.1) is 0 Å².